The molecule has 0 amide bonds. The second kappa shape index (κ2) is 15.3. The van der Waals surface area contributed by atoms with Gasteiger partial charge in [-0.05, 0) is 40.3 Å². The second-order valence-corrected chi connectivity index (χ2v) is 14.6. The largest absolute Gasteiger partial charge is 0.309 e. The summed E-state index contributed by atoms with van der Waals surface area (Å²) in [5, 5.41) is 2.26. The van der Waals surface area contributed by atoms with Crippen molar-refractivity contribution in [1.82, 2.24) is 0 Å². The van der Waals surface area contributed by atoms with E-state index in [0.717, 1.165) is 61.9 Å². The summed E-state index contributed by atoms with van der Waals surface area (Å²) in [5.74, 6) is 0. The van der Waals surface area contributed by atoms with E-state index in [0.29, 0.717) is 11.1 Å². The van der Waals surface area contributed by atoms with Crippen molar-refractivity contribution in [3.8, 4) is 0 Å². The Balaban J connectivity index is 1.30. The molecule has 0 aliphatic carbocycles. The van der Waals surface area contributed by atoms with Gasteiger partial charge >= 0.3 is 0 Å². The zero-order valence-corrected chi connectivity index (χ0v) is 28.0. The monoisotopic (exact) mass is 654 g/mol. The van der Waals surface area contributed by atoms with Crippen molar-refractivity contribution in [1.29, 1.82) is 0 Å². The van der Waals surface area contributed by atoms with Crippen LogP contribution in [0.2, 0.25) is 0 Å². The fourth-order valence-corrected chi connectivity index (χ4v) is 8.06. The molecule has 0 N–H and O–H groups in total. The summed E-state index contributed by atoms with van der Waals surface area (Å²) in [6.07, 6.45) is 13.8. The minimum Gasteiger partial charge on any atom is -0.309 e. The highest BCUT2D eigenvalue weighted by atomic mass is 31.2. The highest BCUT2D eigenvalue weighted by molar-refractivity contribution is 7.85. The summed E-state index contributed by atoms with van der Waals surface area (Å²) in [6, 6.07) is 47.0. The molecule has 0 atom stereocenters. The van der Waals surface area contributed by atoms with Crippen LogP contribution in [0.1, 0.15) is 59.7 Å². The first-order valence-corrected chi connectivity index (χ1v) is 17.8. The molecule has 6 aromatic rings. The molecule has 0 heterocycles. The molecular formula is C45H35O3P. The molecule has 0 fully saturated rings. The van der Waals surface area contributed by atoms with Gasteiger partial charge in [-0.3, -0.25) is 9.59 Å². The van der Waals surface area contributed by atoms with E-state index >= 15 is 4.57 Å². The maximum atomic E-state index is 15.3. The summed E-state index contributed by atoms with van der Waals surface area (Å²) in [5.41, 5.74) is 8.60. The summed E-state index contributed by atoms with van der Waals surface area (Å²) in [6.45, 7) is 2.08. The van der Waals surface area contributed by atoms with E-state index in [1.807, 2.05) is 121 Å². The molecule has 6 aromatic carbocycles. The van der Waals surface area contributed by atoms with Crippen LogP contribution < -0.4 is 15.9 Å². The van der Waals surface area contributed by atoms with Crippen LogP contribution in [-0.2, 0) is 4.57 Å². The molecule has 0 aromatic heterocycles. The van der Waals surface area contributed by atoms with E-state index in [2.05, 4.69) is 43.3 Å². The van der Waals surface area contributed by atoms with E-state index < -0.39 is 7.14 Å². The van der Waals surface area contributed by atoms with Gasteiger partial charge in [0.2, 0.25) is 0 Å². The lowest BCUT2D eigenvalue weighted by atomic mass is 10.1. The van der Waals surface area contributed by atoms with E-state index in [1.54, 1.807) is 24.3 Å². The van der Waals surface area contributed by atoms with Crippen molar-refractivity contribution in [2.45, 2.75) is 6.92 Å². The van der Waals surface area contributed by atoms with Gasteiger partial charge in [0.25, 0.3) is 0 Å². The summed E-state index contributed by atoms with van der Waals surface area (Å²) in [7, 11) is -3.23. The summed E-state index contributed by atoms with van der Waals surface area (Å²) >= 11 is 0. The molecule has 49 heavy (non-hydrogen) atoms. The molecular weight excluding hydrogens is 619 g/mol. The Kier molecular flexibility index (Phi) is 10.3. The van der Waals surface area contributed by atoms with Gasteiger partial charge in [0.05, 0.1) is 0 Å². The van der Waals surface area contributed by atoms with Gasteiger partial charge in [0.15, 0.2) is 7.14 Å². The number of carbonyl (C=O) groups is 2. The minimum atomic E-state index is -3.23. The van der Waals surface area contributed by atoms with E-state index in [-0.39, 0.29) is 0 Å². The van der Waals surface area contributed by atoms with Crippen LogP contribution in [0.4, 0.5) is 0 Å². The van der Waals surface area contributed by atoms with Crippen LogP contribution in [0.15, 0.2) is 146 Å². The number of rotatable bonds is 11. The molecule has 0 aliphatic heterocycles. The Morgan fingerprint density at radius 2 is 0.531 bits per heavy atom. The lowest BCUT2D eigenvalue weighted by Crippen LogP contribution is -2.25. The van der Waals surface area contributed by atoms with Crippen molar-refractivity contribution in [2.24, 2.45) is 0 Å². The van der Waals surface area contributed by atoms with Gasteiger partial charge < -0.3 is 4.57 Å². The fraction of sp³-hybridized carbons (Fsp3) is 0.0222. The first kappa shape index (κ1) is 33.0. The molecule has 4 heteroatoms. The summed E-state index contributed by atoms with van der Waals surface area (Å²) in [4.78, 5) is 22.0. The molecule has 0 radical (unpaired) electrons. The standard InChI is InChI=1S/C45H35O3P/c1-34-2-4-35(5-3-34)6-9-38-20-26-43(27-21-38)49(48,44-28-22-39(23-29-44)10-7-36-12-16-41(32-46)17-13-36)45-30-24-40(25-31-45)11-8-37-14-18-42(33-47)19-15-37/h2-33H,1H3/b9-6+,10-7+,11-8+. The Hall–Kier alpha value is -5.89. The van der Waals surface area contributed by atoms with Crippen LogP contribution in [0.25, 0.3) is 36.5 Å². The minimum absolute atomic E-state index is 0.641. The highest BCUT2D eigenvalue weighted by Gasteiger charge is 2.29. The van der Waals surface area contributed by atoms with Crippen molar-refractivity contribution in [3.63, 3.8) is 0 Å². The van der Waals surface area contributed by atoms with E-state index in [4.69, 9.17) is 0 Å². The van der Waals surface area contributed by atoms with Crippen molar-refractivity contribution >= 4 is 72.1 Å². The second-order valence-electron chi connectivity index (χ2n) is 11.9. The predicted octanol–water partition coefficient (Wildman–Crippen LogP) is 9.77. The summed E-state index contributed by atoms with van der Waals surface area (Å²) < 4.78 is 15.3. The maximum Gasteiger partial charge on any atom is 0.171 e. The normalized spacial score (nSPS) is 11.8. The third kappa shape index (κ3) is 8.16. The topological polar surface area (TPSA) is 51.2 Å². The third-order valence-corrected chi connectivity index (χ3v) is 11.5. The quantitative estimate of drug-likeness (QED) is 0.0794. The Morgan fingerprint density at radius 3 is 0.776 bits per heavy atom. The van der Waals surface area contributed by atoms with Crippen LogP contribution in [0.3, 0.4) is 0 Å². The number of benzene rings is 6. The van der Waals surface area contributed by atoms with Gasteiger partial charge in [-0.2, -0.15) is 0 Å². The molecule has 0 aliphatic rings. The smallest absolute Gasteiger partial charge is 0.171 e. The molecule has 0 bridgehead atoms. The zero-order valence-electron chi connectivity index (χ0n) is 27.1. The number of hydrogen-bond donors (Lipinski definition) is 0. The van der Waals surface area contributed by atoms with Crippen molar-refractivity contribution in [3.05, 3.63) is 196 Å². The van der Waals surface area contributed by atoms with E-state index in [1.165, 1.54) is 5.56 Å². The molecule has 0 spiro atoms. The van der Waals surface area contributed by atoms with Crippen LogP contribution in [0.5, 0.6) is 0 Å². The molecule has 0 saturated carbocycles. The Labute approximate surface area is 288 Å². The Morgan fingerprint density at radius 1 is 0.327 bits per heavy atom. The zero-order chi connectivity index (χ0) is 34.1. The third-order valence-electron chi connectivity index (χ3n) is 8.40. The first-order valence-electron chi connectivity index (χ1n) is 16.1. The highest BCUT2D eigenvalue weighted by Crippen LogP contribution is 2.42. The van der Waals surface area contributed by atoms with Crippen LogP contribution in [-0.4, -0.2) is 12.6 Å². The molecule has 238 valence electrons. The molecule has 3 nitrogen and oxygen atoms in total. The van der Waals surface area contributed by atoms with Crippen molar-refractivity contribution in [2.75, 3.05) is 0 Å². The van der Waals surface area contributed by atoms with Crippen LogP contribution >= 0.6 is 7.14 Å². The molecule has 0 unspecified atom stereocenters. The molecule has 0 saturated heterocycles. The van der Waals surface area contributed by atoms with Crippen LogP contribution in [0, 0.1) is 6.92 Å². The average Bonchev–Trinajstić information content (AvgIpc) is 3.16. The molecule has 6 rings (SSSR count). The van der Waals surface area contributed by atoms with Gasteiger partial charge in [-0.1, -0.05) is 188 Å². The number of carbonyl (C=O) groups excluding carboxylic acids is 2. The lowest BCUT2D eigenvalue weighted by molar-refractivity contribution is 0.111. The number of aryl methyl sites for hydroxylation is 1. The maximum absolute atomic E-state index is 15.3. The number of hydrogen-bond acceptors (Lipinski definition) is 3. The van der Waals surface area contributed by atoms with Gasteiger partial charge in [0.1, 0.15) is 12.6 Å². The fourth-order valence-electron chi connectivity index (χ4n) is 5.46. The predicted molar refractivity (Wildman–Crippen MR) is 207 cm³/mol. The average molecular weight is 655 g/mol. The lowest BCUT2D eigenvalue weighted by Gasteiger charge is -2.20. The first-order chi connectivity index (χ1) is 23.9. The van der Waals surface area contributed by atoms with E-state index in [9.17, 15) is 9.59 Å². The van der Waals surface area contributed by atoms with Gasteiger partial charge in [-0.25, -0.2) is 0 Å². The number of aldehydes is 2. The van der Waals surface area contributed by atoms with Crippen molar-refractivity contribution < 1.29 is 14.2 Å². The van der Waals surface area contributed by atoms with Gasteiger partial charge in [0, 0.05) is 27.0 Å². The Bertz CT molecular complexity index is 2060. The van der Waals surface area contributed by atoms with Gasteiger partial charge in [-0.15, -0.1) is 0 Å². The SMILES string of the molecule is Cc1ccc(/C=C/c2ccc(P(=O)(c3ccc(/C=C/c4ccc(C=O)cc4)cc3)c3ccc(/C=C/c4ccc(C=O)cc4)cc3)cc2)cc1.